The molecule has 0 bridgehead atoms. The quantitative estimate of drug-likeness (QED) is 0.740. The molecular weight excluding hydrogens is 300 g/mol. The average Bonchev–Trinajstić information content (AvgIpc) is 3.41. The number of para-hydroxylation sites is 1. The number of hydrogen-bond donors (Lipinski definition) is 0. The number of anilines is 1. The molecule has 6 heteroatoms. The van der Waals surface area contributed by atoms with Crippen LogP contribution in [0.4, 0.5) is 5.82 Å². The normalized spacial score (nSPS) is 19.1. The van der Waals surface area contributed by atoms with Crippen molar-refractivity contribution in [2.75, 3.05) is 31.1 Å². The smallest absolute Gasteiger partial charge is 0.168 e. The van der Waals surface area contributed by atoms with Crippen LogP contribution >= 0.6 is 0 Å². The zero-order valence-corrected chi connectivity index (χ0v) is 13.5. The van der Waals surface area contributed by atoms with Crippen LogP contribution < -0.4 is 4.90 Å². The molecule has 2 fully saturated rings. The molecule has 24 heavy (non-hydrogen) atoms. The van der Waals surface area contributed by atoms with E-state index in [-0.39, 0.29) is 0 Å². The highest BCUT2D eigenvalue weighted by molar-refractivity contribution is 5.87. The van der Waals surface area contributed by atoms with Crippen molar-refractivity contribution >= 4 is 16.9 Å². The summed E-state index contributed by atoms with van der Waals surface area (Å²) in [4.78, 5) is 14.0. The van der Waals surface area contributed by atoms with Crippen molar-refractivity contribution in [3.05, 3.63) is 42.9 Å². The molecule has 6 nitrogen and oxygen atoms in total. The molecule has 0 atom stereocenters. The Bertz CT molecular complexity index is 846. The van der Waals surface area contributed by atoms with Gasteiger partial charge < -0.3 is 4.90 Å². The zero-order chi connectivity index (χ0) is 15.9. The molecule has 0 spiro atoms. The Morgan fingerprint density at radius 3 is 2.46 bits per heavy atom. The van der Waals surface area contributed by atoms with Gasteiger partial charge in [-0.1, -0.05) is 18.2 Å². The van der Waals surface area contributed by atoms with Gasteiger partial charge in [-0.2, -0.15) is 5.10 Å². The number of fused-ring (bicyclic) bond motifs is 1. The highest BCUT2D eigenvalue weighted by Crippen LogP contribution is 2.30. The van der Waals surface area contributed by atoms with E-state index in [0.29, 0.717) is 0 Å². The van der Waals surface area contributed by atoms with Crippen LogP contribution in [0.1, 0.15) is 12.8 Å². The molecule has 1 aliphatic carbocycles. The van der Waals surface area contributed by atoms with Gasteiger partial charge in [-0.25, -0.2) is 14.6 Å². The Hall–Kier alpha value is -2.47. The second-order valence-corrected chi connectivity index (χ2v) is 6.58. The van der Waals surface area contributed by atoms with Crippen molar-refractivity contribution < 1.29 is 0 Å². The highest BCUT2D eigenvalue weighted by atomic mass is 15.3. The van der Waals surface area contributed by atoms with E-state index in [2.05, 4.69) is 24.9 Å². The van der Waals surface area contributed by atoms with E-state index in [1.165, 1.54) is 12.8 Å². The van der Waals surface area contributed by atoms with Gasteiger partial charge in [-0.05, 0) is 25.0 Å². The summed E-state index contributed by atoms with van der Waals surface area (Å²) < 4.78 is 1.89. The lowest BCUT2D eigenvalue weighted by Crippen LogP contribution is -2.47. The standard InChI is InChI=1S/C18H20N6/c1-2-4-15(5-3-1)24-18-16(12-21-24)17(19-13-20-18)23-10-8-22(9-11-23)14-6-7-14/h1-5,12-14H,6-11H2. The van der Waals surface area contributed by atoms with Crippen LogP contribution in [0.2, 0.25) is 0 Å². The van der Waals surface area contributed by atoms with E-state index in [4.69, 9.17) is 0 Å². The van der Waals surface area contributed by atoms with Crippen LogP contribution in [0.15, 0.2) is 42.9 Å². The number of piperazine rings is 1. The number of benzene rings is 1. The summed E-state index contributed by atoms with van der Waals surface area (Å²) in [6.45, 7) is 4.31. The minimum atomic E-state index is 0.846. The van der Waals surface area contributed by atoms with Gasteiger partial charge in [0.2, 0.25) is 0 Å². The molecular formula is C18H20N6. The van der Waals surface area contributed by atoms with Crippen molar-refractivity contribution in [1.82, 2.24) is 24.6 Å². The van der Waals surface area contributed by atoms with Crippen LogP contribution in [-0.4, -0.2) is 56.9 Å². The van der Waals surface area contributed by atoms with Crippen molar-refractivity contribution in [2.45, 2.75) is 18.9 Å². The fraction of sp³-hybridized carbons (Fsp3) is 0.389. The second kappa shape index (κ2) is 5.56. The minimum Gasteiger partial charge on any atom is -0.353 e. The maximum absolute atomic E-state index is 4.57. The van der Waals surface area contributed by atoms with E-state index in [1.807, 2.05) is 41.2 Å². The molecule has 0 radical (unpaired) electrons. The maximum atomic E-state index is 4.57. The fourth-order valence-corrected chi connectivity index (χ4v) is 3.58. The van der Waals surface area contributed by atoms with Gasteiger partial charge in [0.05, 0.1) is 17.3 Å². The summed E-state index contributed by atoms with van der Waals surface area (Å²) in [5.41, 5.74) is 1.89. The summed E-state index contributed by atoms with van der Waals surface area (Å²) >= 11 is 0. The van der Waals surface area contributed by atoms with Crippen molar-refractivity contribution in [3.8, 4) is 5.69 Å². The highest BCUT2D eigenvalue weighted by Gasteiger charge is 2.31. The summed E-state index contributed by atoms with van der Waals surface area (Å²) in [7, 11) is 0. The van der Waals surface area contributed by atoms with Gasteiger partial charge in [0.25, 0.3) is 0 Å². The lowest BCUT2D eigenvalue weighted by molar-refractivity contribution is 0.248. The van der Waals surface area contributed by atoms with E-state index in [0.717, 1.165) is 54.8 Å². The number of rotatable bonds is 3. The molecule has 3 heterocycles. The van der Waals surface area contributed by atoms with Gasteiger partial charge in [-0.3, -0.25) is 4.90 Å². The Balaban J connectivity index is 1.48. The molecule has 1 aromatic carbocycles. The van der Waals surface area contributed by atoms with Crippen LogP contribution in [0.5, 0.6) is 0 Å². The SMILES string of the molecule is c1ccc(-n2ncc3c(N4CCN(C5CC5)CC4)ncnc32)cc1. The van der Waals surface area contributed by atoms with Gasteiger partial charge in [0, 0.05) is 32.2 Å². The first-order valence-electron chi connectivity index (χ1n) is 8.63. The van der Waals surface area contributed by atoms with Crippen molar-refractivity contribution in [3.63, 3.8) is 0 Å². The van der Waals surface area contributed by atoms with Gasteiger partial charge in [0.15, 0.2) is 5.65 Å². The first kappa shape index (κ1) is 13.9. The van der Waals surface area contributed by atoms with Crippen molar-refractivity contribution in [1.29, 1.82) is 0 Å². The summed E-state index contributed by atoms with van der Waals surface area (Å²) in [5.74, 6) is 1.01. The third-order valence-electron chi connectivity index (χ3n) is 5.02. The molecule has 1 saturated carbocycles. The van der Waals surface area contributed by atoms with Gasteiger partial charge >= 0.3 is 0 Å². The summed E-state index contributed by atoms with van der Waals surface area (Å²) in [6, 6.07) is 11.0. The molecule has 5 rings (SSSR count). The average molecular weight is 320 g/mol. The Morgan fingerprint density at radius 1 is 0.917 bits per heavy atom. The molecule has 0 unspecified atom stereocenters. The minimum absolute atomic E-state index is 0.846. The van der Waals surface area contributed by atoms with E-state index < -0.39 is 0 Å². The third kappa shape index (κ3) is 2.34. The molecule has 1 aliphatic heterocycles. The zero-order valence-electron chi connectivity index (χ0n) is 13.5. The monoisotopic (exact) mass is 320 g/mol. The van der Waals surface area contributed by atoms with Crippen molar-refractivity contribution in [2.24, 2.45) is 0 Å². The molecule has 0 amide bonds. The lowest BCUT2D eigenvalue weighted by Gasteiger charge is -2.35. The topological polar surface area (TPSA) is 50.1 Å². The first-order chi connectivity index (χ1) is 11.9. The number of hydrogen-bond acceptors (Lipinski definition) is 5. The Labute approximate surface area is 140 Å². The Morgan fingerprint density at radius 2 is 1.71 bits per heavy atom. The molecule has 0 N–H and O–H groups in total. The number of nitrogens with zero attached hydrogens (tertiary/aromatic N) is 6. The van der Waals surface area contributed by atoms with E-state index in [1.54, 1.807) is 6.33 Å². The Kier molecular flexibility index (Phi) is 3.23. The largest absolute Gasteiger partial charge is 0.353 e. The molecule has 122 valence electrons. The first-order valence-corrected chi connectivity index (χ1v) is 8.63. The molecule has 3 aromatic rings. The van der Waals surface area contributed by atoms with Crippen LogP contribution in [0.3, 0.4) is 0 Å². The van der Waals surface area contributed by atoms with Gasteiger partial charge in [-0.15, -0.1) is 0 Å². The van der Waals surface area contributed by atoms with E-state index in [9.17, 15) is 0 Å². The maximum Gasteiger partial charge on any atom is 0.168 e. The third-order valence-corrected chi connectivity index (χ3v) is 5.02. The summed E-state index contributed by atoms with van der Waals surface area (Å²) in [6.07, 6.45) is 6.31. The predicted octanol–water partition coefficient (Wildman–Crippen LogP) is 2.10. The number of aromatic nitrogens is 4. The van der Waals surface area contributed by atoms with Crippen LogP contribution in [0, 0.1) is 0 Å². The molecule has 1 saturated heterocycles. The fourth-order valence-electron chi connectivity index (χ4n) is 3.58. The van der Waals surface area contributed by atoms with Crippen LogP contribution in [-0.2, 0) is 0 Å². The van der Waals surface area contributed by atoms with Crippen LogP contribution in [0.25, 0.3) is 16.7 Å². The second-order valence-electron chi connectivity index (χ2n) is 6.58. The molecule has 2 aromatic heterocycles. The molecule has 2 aliphatic rings. The lowest BCUT2D eigenvalue weighted by atomic mass is 10.2. The van der Waals surface area contributed by atoms with Gasteiger partial charge in [0.1, 0.15) is 12.1 Å². The summed E-state index contributed by atoms with van der Waals surface area (Å²) in [5, 5.41) is 5.58. The predicted molar refractivity (Wildman–Crippen MR) is 93.5 cm³/mol. The van der Waals surface area contributed by atoms with E-state index >= 15 is 0 Å².